The Labute approximate surface area is 103 Å². The number of benzene rings is 1. The Balaban J connectivity index is 2.21. The van der Waals surface area contributed by atoms with E-state index in [2.05, 4.69) is 4.98 Å². The second-order valence-corrected chi connectivity index (χ2v) is 3.86. The van der Waals surface area contributed by atoms with Gasteiger partial charge in [-0.2, -0.15) is 5.26 Å². The van der Waals surface area contributed by atoms with Crippen LogP contribution in [0.5, 0.6) is 0 Å². The van der Waals surface area contributed by atoms with Crippen LogP contribution in [-0.2, 0) is 12.4 Å². The van der Waals surface area contributed by atoms with Crippen molar-refractivity contribution in [3.63, 3.8) is 0 Å². The molecule has 0 saturated heterocycles. The Morgan fingerprint density at radius 3 is 2.94 bits per heavy atom. The lowest BCUT2D eigenvalue weighted by molar-refractivity contribution is 0.622. The van der Waals surface area contributed by atoms with Crippen LogP contribution in [0.2, 0.25) is 0 Å². The lowest BCUT2D eigenvalue weighted by Gasteiger charge is -2.03. The van der Waals surface area contributed by atoms with E-state index in [1.807, 2.05) is 16.8 Å². The van der Waals surface area contributed by atoms with Crippen LogP contribution in [-0.4, -0.2) is 9.55 Å². The Hall–Kier alpha value is -1.86. The molecule has 2 aromatic rings. The predicted molar refractivity (Wildman–Crippen MR) is 62.0 cm³/mol. The van der Waals surface area contributed by atoms with Crippen molar-refractivity contribution >= 4 is 11.6 Å². The maximum Gasteiger partial charge on any atom is 0.140 e. The minimum absolute atomic E-state index is 0.0557. The van der Waals surface area contributed by atoms with Gasteiger partial charge in [-0.15, -0.1) is 11.6 Å². The van der Waals surface area contributed by atoms with Crippen molar-refractivity contribution in [3.05, 3.63) is 53.4 Å². The molecule has 5 heteroatoms. The molecular weight excluding hydrogens is 241 g/mol. The summed E-state index contributed by atoms with van der Waals surface area (Å²) in [6.07, 6.45) is 3.48. The lowest BCUT2D eigenvalue weighted by Crippen LogP contribution is -1.97. The number of hydrogen-bond acceptors (Lipinski definition) is 2. The zero-order valence-corrected chi connectivity index (χ0v) is 9.65. The Kier molecular flexibility index (Phi) is 3.40. The van der Waals surface area contributed by atoms with E-state index >= 15 is 0 Å². The van der Waals surface area contributed by atoms with E-state index < -0.39 is 5.82 Å². The first-order chi connectivity index (χ1) is 8.22. The standard InChI is InChI=1S/C12H9ClFN3/c13-4-11-7-17(8-16-11)6-9-1-2-12(14)10(3-9)5-15/h1-3,7-8H,4,6H2. The van der Waals surface area contributed by atoms with Crippen LogP contribution >= 0.6 is 11.6 Å². The molecule has 0 amide bonds. The molecule has 1 aromatic carbocycles. The fourth-order valence-corrected chi connectivity index (χ4v) is 1.67. The highest BCUT2D eigenvalue weighted by Gasteiger charge is 2.04. The molecule has 0 atom stereocenters. The third-order valence-electron chi connectivity index (χ3n) is 2.34. The second-order valence-electron chi connectivity index (χ2n) is 3.60. The summed E-state index contributed by atoms with van der Waals surface area (Å²) < 4.78 is 14.9. The molecule has 1 aromatic heterocycles. The quantitative estimate of drug-likeness (QED) is 0.785. The number of nitriles is 1. The van der Waals surface area contributed by atoms with Gasteiger partial charge in [-0.3, -0.25) is 0 Å². The molecule has 0 aliphatic rings. The Bertz CT molecular complexity index is 571. The van der Waals surface area contributed by atoms with Gasteiger partial charge in [0.1, 0.15) is 11.9 Å². The molecule has 2 rings (SSSR count). The fourth-order valence-electron chi connectivity index (χ4n) is 1.53. The summed E-state index contributed by atoms with van der Waals surface area (Å²) in [5.41, 5.74) is 1.69. The number of halogens is 2. The van der Waals surface area contributed by atoms with Gasteiger partial charge < -0.3 is 4.57 Å². The zero-order chi connectivity index (χ0) is 12.3. The lowest BCUT2D eigenvalue weighted by atomic mass is 10.1. The van der Waals surface area contributed by atoms with Crippen molar-refractivity contribution in [1.29, 1.82) is 5.26 Å². The first-order valence-electron chi connectivity index (χ1n) is 4.98. The van der Waals surface area contributed by atoms with Crippen LogP contribution < -0.4 is 0 Å². The van der Waals surface area contributed by atoms with Crippen LogP contribution in [0.4, 0.5) is 4.39 Å². The molecule has 0 bridgehead atoms. The summed E-state index contributed by atoms with van der Waals surface area (Å²) in [6, 6.07) is 6.30. The van der Waals surface area contributed by atoms with Crippen molar-refractivity contribution < 1.29 is 4.39 Å². The van der Waals surface area contributed by atoms with Gasteiger partial charge in [0.25, 0.3) is 0 Å². The van der Waals surface area contributed by atoms with Crippen molar-refractivity contribution in [2.24, 2.45) is 0 Å². The van der Waals surface area contributed by atoms with Gasteiger partial charge in [0.05, 0.1) is 23.5 Å². The van der Waals surface area contributed by atoms with E-state index in [9.17, 15) is 4.39 Å². The maximum absolute atomic E-state index is 13.1. The highest BCUT2D eigenvalue weighted by atomic mass is 35.5. The van der Waals surface area contributed by atoms with Gasteiger partial charge in [-0.25, -0.2) is 9.37 Å². The summed E-state index contributed by atoms with van der Waals surface area (Å²) in [4.78, 5) is 4.08. The Morgan fingerprint density at radius 2 is 2.29 bits per heavy atom. The molecule has 17 heavy (non-hydrogen) atoms. The normalized spacial score (nSPS) is 10.2. The average Bonchev–Trinajstić information content (AvgIpc) is 2.79. The van der Waals surface area contributed by atoms with Crippen molar-refractivity contribution in [2.45, 2.75) is 12.4 Å². The van der Waals surface area contributed by atoms with Gasteiger partial charge in [0.15, 0.2) is 0 Å². The number of alkyl halides is 1. The molecule has 0 aliphatic heterocycles. The molecule has 3 nitrogen and oxygen atoms in total. The van der Waals surface area contributed by atoms with E-state index in [0.717, 1.165) is 11.3 Å². The van der Waals surface area contributed by atoms with E-state index in [1.165, 1.54) is 12.1 Å². The molecule has 0 N–H and O–H groups in total. The third kappa shape index (κ3) is 2.63. The van der Waals surface area contributed by atoms with Crippen LogP contribution in [0.25, 0.3) is 0 Å². The number of aromatic nitrogens is 2. The molecule has 0 fully saturated rings. The fraction of sp³-hybridized carbons (Fsp3) is 0.167. The SMILES string of the molecule is N#Cc1cc(Cn2cnc(CCl)c2)ccc1F. The van der Waals surface area contributed by atoms with Crippen LogP contribution in [0.3, 0.4) is 0 Å². The van der Waals surface area contributed by atoms with Crippen LogP contribution in [0, 0.1) is 17.1 Å². The van der Waals surface area contributed by atoms with E-state index in [-0.39, 0.29) is 5.56 Å². The monoisotopic (exact) mass is 249 g/mol. The summed E-state index contributed by atoms with van der Waals surface area (Å²) in [5, 5.41) is 8.72. The van der Waals surface area contributed by atoms with Gasteiger partial charge >= 0.3 is 0 Å². The van der Waals surface area contributed by atoms with E-state index in [0.29, 0.717) is 12.4 Å². The van der Waals surface area contributed by atoms with Gasteiger partial charge in [0.2, 0.25) is 0 Å². The molecule has 0 radical (unpaired) electrons. The first kappa shape index (κ1) is 11.6. The highest BCUT2D eigenvalue weighted by Crippen LogP contribution is 2.11. The molecule has 86 valence electrons. The minimum Gasteiger partial charge on any atom is -0.333 e. The highest BCUT2D eigenvalue weighted by molar-refractivity contribution is 6.16. The van der Waals surface area contributed by atoms with E-state index in [4.69, 9.17) is 16.9 Å². The van der Waals surface area contributed by atoms with Crippen LogP contribution in [0.1, 0.15) is 16.8 Å². The predicted octanol–water partition coefficient (Wildman–Crippen LogP) is 2.68. The summed E-state index contributed by atoms with van der Waals surface area (Å²) in [5.74, 6) is -0.136. The van der Waals surface area contributed by atoms with Crippen molar-refractivity contribution in [1.82, 2.24) is 9.55 Å². The number of nitrogens with zero attached hydrogens (tertiary/aromatic N) is 3. The molecule has 0 aliphatic carbocycles. The molecule has 1 heterocycles. The topological polar surface area (TPSA) is 41.6 Å². The van der Waals surface area contributed by atoms with E-state index in [1.54, 1.807) is 12.4 Å². The first-order valence-corrected chi connectivity index (χ1v) is 5.51. The summed E-state index contributed by atoms with van der Waals surface area (Å²) in [7, 11) is 0. The maximum atomic E-state index is 13.1. The molecule has 0 saturated carbocycles. The molecule has 0 unspecified atom stereocenters. The summed E-state index contributed by atoms with van der Waals surface area (Å²) >= 11 is 5.64. The zero-order valence-electron chi connectivity index (χ0n) is 8.90. The minimum atomic E-state index is -0.497. The van der Waals surface area contributed by atoms with Crippen molar-refractivity contribution in [2.75, 3.05) is 0 Å². The van der Waals surface area contributed by atoms with Crippen LogP contribution in [0.15, 0.2) is 30.7 Å². The van der Waals surface area contributed by atoms with Gasteiger partial charge in [-0.05, 0) is 17.7 Å². The average molecular weight is 250 g/mol. The third-order valence-corrected chi connectivity index (χ3v) is 2.61. The smallest absolute Gasteiger partial charge is 0.140 e. The molecule has 0 spiro atoms. The number of rotatable bonds is 3. The van der Waals surface area contributed by atoms with Gasteiger partial charge in [0, 0.05) is 12.7 Å². The Morgan fingerprint density at radius 1 is 1.47 bits per heavy atom. The van der Waals surface area contributed by atoms with Gasteiger partial charge in [-0.1, -0.05) is 6.07 Å². The summed E-state index contributed by atoms with van der Waals surface area (Å²) in [6.45, 7) is 0.541. The van der Waals surface area contributed by atoms with Crippen molar-refractivity contribution in [3.8, 4) is 6.07 Å². The number of hydrogen-bond donors (Lipinski definition) is 0. The second kappa shape index (κ2) is 4.98. The largest absolute Gasteiger partial charge is 0.333 e. The number of imidazole rings is 1. The molecular formula is C12H9ClFN3.